The maximum absolute atomic E-state index is 10.6. The third-order valence-electron chi connectivity index (χ3n) is 4.96. The van der Waals surface area contributed by atoms with Crippen molar-refractivity contribution in [2.45, 2.75) is 19.3 Å². The van der Waals surface area contributed by atoms with Crippen LogP contribution in [0.1, 0.15) is 23.1 Å². The second kappa shape index (κ2) is 6.56. The van der Waals surface area contributed by atoms with Crippen LogP contribution in [0, 0.1) is 0 Å². The summed E-state index contributed by atoms with van der Waals surface area (Å²) >= 11 is 0. The van der Waals surface area contributed by atoms with Crippen LogP contribution < -0.4 is 4.74 Å². The molecule has 1 aliphatic carbocycles. The molecule has 0 saturated heterocycles. The Labute approximate surface area is 148 Å². The Hall–Kier alpha value is -2.87. The highest BCUT2D eigenvalue weighted by molar-refractivity contribution is 5.86. The zero-order valence-corrected chi connectivity index (χ0v) is 14.3. The molecular weight excluding hydrogens is 308 g/mol. The minimum absolute atomic E-state index is 0.540. The molecule has 2 nitrogen and oxygen atoms in total. The summed E-state index contributed by atoms with van der Waals surface area (Å²) in [7, 11) is 1.71. The van der Waals surface area contributed by atoms with E-state index in [9.17, 15) is 4.79 Å². The summed E-state index contributed by atoms with van der Waals surface area (Å²) in [5.74, 6) is 0.868. The second-order valence-electron chi connectivity index (χ2n) is 6.41. The first-order valence-corrected chi connectivity index (χ1v) is 8.63. The van der Waals surface area contributed by atoms with Gasteiger partial charge in [-0.3, -0.25) is 0 Å². The first kappa shape index (κ1) is 15.6. The van der Waals surface area contributed by atoms with Crippen molar-refractivity contribution in [2.75, 3.05) is 7.11 Å². The van der Waals surface area contributed by atoms with Gasteiger partial charge in [-0.05, 0) is 52.3 Å². The normalized spacial score (nSPS) is 11.7. The fourth-order valence-corrected chi connectivity index (χ4v) is 3.75. The summed E-state index contributed by atoms with van der Waals surface area (Å²) in [6.07, 6.45) is 3.20. The van der Waals surface area contributed by atoms with E-state index in [-0.39, 0.29) is 0 Å². The maximum atomic E-state index is 10.6. The predicted molar refractivity (Wildman–Crippen MR) is 101 cm³/mol. The molecule has 0 heterocycles. The Bertz CT molecular complexity index is 941. The first-order valence-electron chi connectivity index (χ1n) is 8.63. The number of carbonyl (C=O) groups excluding carboxylic acids is 1. The lowest BCUT2D eigenvalue weighted by Gasteiger charge is -2.14. The number of hydrogen-bond donors (Lipinski definition) is 0. The van der Waals surface area contributed by atoms with Crippen molar-refractivity contribution < 1.29 is 9.53 Å². The Balaban J connectivity index is 1.80. The molecule has 0 amide bonds. The van der Waals surface area contributed by atoms with E-state index in [1.165, 1.54) is 27.8 Å². The number of aldehydes is 1. The average Bonchev–Trinajstić information content (AvgIpc) is 3.05. The number of rotatable bonds is 5. The summed E-state index contributed by atoms with van der Waals surface area (Å²) in [4.78, 5) is 10.6. The number of carbonyl (C=O) groups is 1. The fraction of sp³-hybridized carbons (Fsp3) is 0.174. The van der Waals surface area contributed by atoms with Gasteiger partial charge in [0.1, 0.15) is 12.0 Å². The fourth-order valence-electron chi connectivity index (χ4n) is 3.75. The monoisotopic (exact) mass is 328 g/mol. The van der Waals surface area contributed by atoms with Crippen molar-refractivity contribution in [2.24, 2.45) is 0 Å². The van der Waals surface area contributed by atoms with Gasteiger partial charge < -0.3 is 9.53 Å². The molecule has 0 aliphatic heterocycles. The SMILES string of the molecule is COc1cc(CCC=O)ccc1-c1cccc2c1Cc1ccccc1-2. The van der Waals surface area contributed by atoms with Crippen LogP contribution in [0.3, 0.4) is 0 Å². The highest BCUT2D eigenvalue weighted by Crippen LogP contribution is 2.43. The third kappa shape index (κ3) is 2.74. The lowest BCUT2D eigenvalue weighted by atomic mass is 9.94. The van der Waals surface area contributed by atoms with Gasteiger partial charge in [0.05, 0.1) is 7.11 Å². The van der Waals surface area contributed by atoms with Gasteiger partial charge in [0.15, 0.2) is 0 Å². The highest BCUT2D eigenvalue weighted by Gasteiger charge is 2.22. The standard InChI is InChI=1S/C23H20O2/c1-25-23-14-16(6-5-13-24)11-12-21(23)20-10-4-9-19-18-8-3-2-7-17(18)15-22(19)20/h2-4,7-14H,5-6,15H2,1H3. The molecule has 0 saturated carbocycles. The van der Waals surface area contributed by atoms with Crippen molar-refractivity contribution in [3.63, 3.8) is 0 Å². The van der Waals surface area contributed by atoms with E-state index < -0.39 is 0 Å². The first-order chi connectivity index (χ1) is 12.3. The van der Waals surface area contributed by atoms with Crippen LogP contribution in [0.25, 0.3) is 22.3 Å². The maximum Gasteiger partial charge on any atom is 0.126 e. The van der Waals surface area contributed by atoms with Crippen molar-refractivity contribution in [1.82, 2.24) is 0 Å². The van der Waals surface area contributed by atoms with Crippen LogP contribution in [0.5, 0.6) is 5.75 Å². The Kier molecular flexibility index (Phi) is 4.10. The number of hydrogen-bond acceptors (Lipinski definition) is 2. The van der Waals surface area contributed by atoms with Gasteiger partial charge in [-0.1, -0.05) is 54.6 Å². The predicted octanol–water partition coefficient (Wildman–Crippen LogP) is 5.06. The molecule has 0 aromatic heterocycles. The third-order valence-corrected chi connectivity index (χ3v) is 4.96. The Morgan fingerprint density at radius 3 is 2.48 bits per heavy atom. The van der Waals surface area contributed by atoms with Crippen LogP contribution in [0.2, 0.25) is 0 Å². The van der Waals surface area contributed by atoms with Crippen LogP contribution in [0.15, 0.2) is 60.7 Å². The van der Waals surface area contributed by atoms with Gasteiger partial charge >= 0.3 is 0 Å². The zero-order valence-electron chi connectivity index (χ0n) is 14.3. The average molecular weight is 328 g/mol. The molecule has 3 aromatic carbocycles. The molecule has 0 bridgehead atoms. The molecule has 3 aromatic rings. The largest absolute Gasteiger partial charge is 0.496 e. The summed E-state index contributed by atoms with van der Waals surface area (Å²) in [5, 5.41) is 0. The van der Waals surface area contributed by atoms with Crippen molar-refractivity contribution in [3.8, 4) is 28.0 Å². The van der Waals surface area contributed by atoms with Crippen LogP contribution in [0.4, 0.5) is 0 Å². The van der Waals surface area contributed by atoms with Gasteiger partial charge in [-0.2, -0.15) is 0 Å². The van der Waals surface area contributed by atoms with E-state index in [1.54, 1.807) is 7.11 Å². The van der Waals surface area contributed by atoms with Crippen LogP contribution >= 0.6 is 0 Å². The van der Waals surface area contributed by atoms with Gasteiger partial charge in [0, 0.05) is 12.0 Å². The molecule has 2 heteroatoms. The molecule has 0 radical (unpaired) electrons. The van der Waals surface area contributed by atoms with Gasteiger partial charge in [0.2, 0.25) is 0 Å². The van der Waals surface area contributed by atoms with Crippen LogP contribution in [-0.4, -0.2) is 13.4 Å². The van der Waals surface area contributed by atoms with E-state index in [4.69, 9.17) is 4.74 Å². The molecule has 0 fully saturated rings. The van der Waals surface area contributed by atoms with Gasteiger partial charge in [-0.25, -0.2) is 0 Å². The summed E-state index contributed by atoms with van der Waals surface area (Å²) < 4.78 is 5.67. The lowest BCUT2D eigenvalue weighted by molar-refractivity contribution is -0.107. The number of benzene rings is 3. The molecule has 0 spiro atoms. The lowest BCUT2D eigenvalue weighted by Crippen LogP contribution is -1.95. The van der Waals surface area contributed by atoms with Crippen molar-refractivity contribution in [1.29, 1.82) is 0 Å². The smallest absolute Gasteiger partial charge is 0.126 e. The van der Waals surface area contributed by atoms with Crippen molar-refractivity contribution >= 4 is 6.29 Å². The van der Waals surface area contributed by atoms with Gasteiger partial charge in [0.25, 0.3) is 0 Å². The summed E-state index contributed by atoms with van der Waals surface area (Å²) in [5.41, 5.74) is 8.87. The molecule has 0 atom stereocenters. The molecule has 0 unspecified atom stereocenters. The highest BCUT2D eigenvalue weighted by atomic mass is 16.5. The topological polar surface area (TPSA) is 26.3 Å². The van der Waals surface area contributed by atoms with E-state index in [1.807, 2.05) is 0 Å². The number of ether oxygens (including phenoxy) is 1. The molecule has 0 N–H and O–H groups in total. The molecule has 4 rings (SSSR count). The zero-order chi connectivity index (χ0) is 17.2. The second-order valence-corrected chi connectivity index (χ2v) is 6.41. The minimum Gasteiger partial charge on any atom is -0.496 e. The quantitative estimate of drug-likeness (QED) is 0.478. The molecule has 25 heavy (non-hydrogen) atoms. The summed E-state index contributed by atoms with van der Waals surface area (Å²) in [6.45, 7) is 0. The van der Waals surface area contributed by atoms with E-state index in [0.717, 1.165) is 36.0 Å². The Morgan fingerprint density at radius 1 is 0.920 bits per heavy atom. The van der Waals surface area contributed by atoms with E-state index >= 15 is 0 Å². The number of aryl methyl sites for hydroxylation is 1. The van der Waals surface area contributed by atoms with Gasteiger partial charge in [-0.15, -0.1) is 0 Å². The van der Waals surface area contributed by atoms with E-state index in [0.29, 0.717) is 6.42 Å². The van der Waals surface area contributed by atoms with Crippen LogP contribution in [-0.2, 0) is 17.6 Å². The summed E-state index contributed by atoms with van der Waals surface area (Å²) in [6, 6.07) is 21.4. The molecule has 1 aliphatic rings. The Morgan fingerprint density at radius 2 is 1.68 bits per heavy atom. The van der Waals surface area contributed by atoms with Crippen molar-refractivity contribution in [3.05, 3.63) is 77.4 Å². The molecule has 124 valence electrons. The van der Waals surface area contributed by atoms with E-state index in [2.05, 4.69) is 60.7 Å². The molecular formula is C23H20O2. The number of methoxy groups -OCH3 is 1. The minimum atomic E-state index is 0.540. The number of fused-ring (bicyclic) bond motifs is 3.